The van der Waals surface area contributed by atoms with Gasteiger partial charge in [-0.05, 0) is 90.6 Å². The fraction of sp³-hybridized carbons (Fsp3) is 0.429. The Labute approximate surface area is 253 Å². The van der Waals surface area contributed by atoms with Crippen molar-refractivity contribution in [3.63, 3.8) is 0 Å². The molecule has 0 amide bonds. The summed E-state index contributed by atoms with van der Waals surface area (Å²) in [6, 6.07) is 25.3. The van der Waals surface area contributed by atoms with Crippen LogP contribution in [0.15, 0.2) is 89.9 Å². The van der Waals surface area contributed by atoms with Crippen molar-refractivity contribution >= 4 is 23.0 Å². The first kappa shape index (κ1) is 33.1. The van der Waals surface area contributed by atoms with E-state index in [-0.39, 0.29) is 22.9 Å². The van der Waals surface area contributed by atoms with E-state index in [4.69, 9.17) is 19.0 Å². The Hall–Kier alpha value is -3.37. The van der Waals surface area contributed by atoms with Crippen molar-refractivity contribution in [2.24, 2.45) is 15.6 Å². The van der Waals surface area contributed by atoms with Gasteiger partial charge < -0.3 is 24.8 Å². The van der Waals surface area contributed by atoms with Gasteiger partial charge in [0.15, 0.2) is 0 Å². The molecule has 3 aromatic rings. The van der Waals surface area contributed by atoms with Crippen LogP contribution in [-0.4, -0.2) is 40.0 Å². The van der Waals surface area contributed by atoms with E-state index in [1.165, 1.54) is 0 Å². The molecule has 0 radical (unpaired) electrons. The van der Waals surface area contributed by atoms with Gasteiger partial charge in [0.1, 0.15) is 17.2 Å². The van der Waals surface area contributed by atoms with E-state index in [0.29, 0.717) is 6.54 Å². The first-order valence-electron chi connectivity index (χ1n) is 14.5. The lowest BCUT2D eigenvalue weighted by Gasteiger charge is -2.36. The molecule has 0 heterocycles. The van der Waals surface area contributed by atoms with Gasteiger partial charge in [-0.25, -0.2) is 0 Å². The molecule has 3 aromatic carbocycles. The minimum atomic E-state index is -2.50. The maximum Gasteiger partial charge on any atom is 0.118 e. The molecule has 42 heavy (non-hydrogen) atoms. The van der Waals surface area contributed by atoms with Crippen LogP contribution in [0.2, 0.25) is 0 Å². The average Bonchev–Trinajstić information content (AvgIpc) is 2.96. The molecule has 228 valence electrons. The van der Waals surface area contributed by atoms with Gasteiger partial charge in [0.2, 0.25) is 0 Å². The summed E-state index contributed by atoms with van der Waals surface area (Å²) in [5, 5.41) is 10.7. The third-order valence-corrected chi connectivity index (χ3v) is 11.6. The second kappa shape index (κ2) is 13.7. The Kier molecular flexibility index (Phi) is 10.8. The Morgan fingerprint density at radius 2 is 1.02 bits per heavy atom. The fourth-order valence-electron chi connectivity index (χ4n) is 4.56. The minimum absolute atomic E-state index is 0.0267. The molecule has 0 aromatic heterocycles. The standard InChI is InChI=1S/C35H50N3O3P/c1-25(34(3,4)5)37-26(2)38-33(35(6,7)8)24-36-42(30-18-12-27(39-9)13-19-30,31-20-14-28(40-10)15-21-31)32-22-16-29(41-11)17-23-32/h12-23,25,33,37-38H,2,24H2,1,3-11H3/t25-,33-/m0/s1. The van der Waals surface area contributed by atoms with Crippen molar-refractivity contribution in [1.29, 1.82) is 0 Å². The molecule has 0 saturated heterocycles. The molecule has 0 bridgehead atoms. The number of hydrogen-bond donors (Lipinski definition) is 2. The van der Waals surface area contributed by atoms with Gasteiger partial charge in [-0.3, -0.25) is 4.74 Å². The average molecular weight is 592 g/mol. The first-order valence-corrected chi connectivity index (χ1v) is 16.2. The van der Waals surface area contributed by atoms with Crippen molar-refractivity contribution in [3.8, 4) is 17.2 Å². The molecule has 0 unspecified atom stereocenters. The quantitative estimate of drug-likeness (QED) is 0.230. The van der Waals surface area contributed by atoms with Gasteiger partial charge in [0.05, 0.1) is 46.8 Å². The number of ether oxygens (including phenoxy) is 3. The highest BCUT2D eigenvalue weighted by atomic mass is 31.2. The summed E-state index contributed by atoms with van der Waals surface area (Å²) in [5.41, 5.74) is 0.0124. The van der Waals surface area contributed by atoms with Crippen LogP contribution in [0, 0.1) is 10.8 Å². The Morgan fingerprint density at radius 1 is 0.667 bits per heavy atom. The maximum absolute atomic E-state index is 5.74. The smallest absolute Gasteiger partial charge is 0.118 e. The molecule has 0 fully saturated rings. The van der Waals surface area contributed by atoms with Crippen LogP contribution >= 0.6 is 7.05 Å². The highest BCUT2D eigenvalue weighted by molar-refractivity contribution is 7.87. The summed E-state index contributed by atoms with van der Waals surface area (Å²) < 4.78 is 22.3. The topological polar surface area (TPSA) is 64.1 Å². The molecule has 0 aliphatic rings. The van der Waals surface area contributed by atoms with E-state index in [9.17, 15) is 0 Å². The summed E-state index contributed by atoms with van der Waals surface area (Å²) in [7, 11) is 2.57. The minimum Gasteiger partial charge on any atom is -0.497 e. The van der Waals surface area contributed by atoms with E-state index >= 15 is 0 Å². The summed E-state index contributed by atoms with van der Waals surface area (Å²) in [4.78, 5) is 0. The largest absolute Gasteiger partial charge is 0.497 e. The van der Waals surface area contributed by atoms with Crippen molar-refractivity contribution in [1.82, 2.24) is 10.6 Å². The predicted octanol–water partition coefficient (Wildman–Crippen LogP) is 6.69. The number of methoxy groups -OCH3 is 3. The van der Waals surface area contributed by atoms with E-state index in [2.05, 4.69) is 102 Å². The van der Waals surface area contributed by atoms with Crippen LogP contribution in [-0.2, 0) is 0 Å². The fourth-order valence-corrected chi connectivity index (χ4v) is 8.09. The molecule has 0 saturated carbocycles. The zero-order valence-electron chi connectivity index (χ0n) is 27.1. The molecule has 0 aliphatic carbocycles. The molecular formula is C35H50N3O3P. The maximum atomic E-state index is 5.74. The predicted molar refractivity (Wildman–Crippen MR) is 180 cm³/mol. The lowest BCUT2D eigenvalue weighted by Crippen LogP contribution is -2.48. The normalized spacial score (nSPS) is 13.5. The molecule has 0 aliphatic heterocycles. The number of hydrogen-bond acceptors (Lipinski definition) is 6. The van der Waals surface area contributed by atoms with Crippen LogP contribution in [0.3, 0.4) is 0 Å². The molecule has 6 nitrogen and oxygen atoms in total. The Bertz CT molecular complexity index is 1230. The number of nitrogens with one attached hydrogen (secondary N) is 2. The third kappa shape index (κ3) is 7.92. The van der Waals surface area contributed by atoms with Crippen LogP contribution in [0.1, 0.15) is 48.5 Å². The van der Waals surface area contributed by atoms with Crippen molar-refractivity contribution in [2.45, 2.75) is 60.5 Å². The zero-order valence-corrected chi connectivity index (χ0v) is 28.0. The Balaban J connectivity index is 2.23. The summed E-state index contributed by atoms with van der Waals surface area (Å²) in [5.74, 6) is 3.25. The first-order chi connectivity index (χ1) is 19.7. The van der Waals surface area contributed by atoms with E-state index in [0.717, 1.165) is 39.0 Å². The summed E-state index contributed by atoms with van der Waals surface area (Å²) in [6.07, 6.45) is 0. The van der Waals surface area contributed by atoms with Crippen LogP contribution in [0.25, 0.3) is 0 Å². The van der Waals surface area contributed by atoms with E-state index in [1.807, 2.05) is 36.4 Å². The summed E-state index contributed by atoms with van der Waals surface area (Å²) >= 11 is 0. The highest BCUT2D eigenvalue weighted by Crippen LogP contribution is 2.47. The van der Waals surface area contributed by atoms with Crippen LogP contribution in [0.5, 0.6) is 17.2 Å². The lowest BCUT2D eigenvalue weighted by atomic mass is 9.86. The van der Waals surface area contributed by atoms with E-state index in [1.54, 1.807) is 21.3 Å². The zero-order chi connectivity index (χ0) is 31.1. The van der Waals surface area contributed by atoms with Crippen LogP contribution in [0.4, 0.5) is 0 Å². The molecule has 0 spiro atoms. The monoisotopic (exact) mass is 591 g/mol. The van der Waals surface area contributed by atoms with Crippen molar-refractivity contribution < 1.29 is 14.2 Å². The molecule has 7 heteroatoms. The molecule has 2 N–H and O–H groups in total. The highest BCUT2D eigenvalue weighted by Gasteiger charge is 2.31. The third-order valence-electron chi connectivity index (χ3n) is 7.90. The Morgan fingerprint density at radius 3 is 1.31 bits per heavy atom. The van der Waals surface area contributed by atoms with Gasteiger partial charge in [0.25, 0.3) is 0 Å². The second-order valence-electron chi connectivity index (χ2n) is 12.8. The molecule has 3 rings (SSSR count). The summed E-state index contributed by atoms with van der Waals surface area (Å²) in [6.45, 7) is 20.5. The van der Waals surface area contributed by atoms with Crippen molar-refractivity contribution in [3.05, 3.63) is 85.2 Å². The van der Waals surface area contributed by atoms with Gasteiger partial charge >= 0.3 is 0 Å². The SMILES string of the molecule is C=C(N[C@@H](C)C(C)(C)C)N[C@@H](CN=P(c1ccc(OC)cc1)(c1ccc(OC)cc1)c1ccc(OC)cc1)C(C)(C)C. The van der Waals surface area contributed by atoms with Crippen LogP contribution < -0.4 is 40.8 Å². The van der Waals surface area contributed by atoms with Gasteiger partial charge in [-0.1, -0.05) is 48.1 Å². The van der Waals surface area contributed by atoms with E-state index < -0.39 is 7.05 Å². The van der Waals surface area contributed by atoms with Crippen molar-refractivity contribution in [2.75, 3.05) is 27.9 Å². The number of nitrogens with zero attached hydrogens (tertiary/aromatic N) is 1. The number of benzene rings is 3. The lowest BCUT2D eigenvalue weighted by molar-refractivity contribution is 0.264. The molecular weight excluding hydrogens is 541 g/mol. The van der Waals surface area contributed by atoms with Gasteiger partial charge in [-0.2, -0.15) is 0 Å². The molecule has 2 atom stereocenters. The number of rotatable bonds is 12. The second-order valence-corrected chi connectivity index (χ2v) is 15.9. The van der Waals surface area contributed by atoms with Gasteiger partial charge in [0, 0.05) is 22.0 Å². The van der Waals surface area contributed by atoms with Gasteiger partial charge in [-0.15, -0.1) is 0 Å².